The van der Waals surface area contributed by atoms with Gasteiger partial charge in [0.1, 0.15) is 0 Å². The van der Waals surface area contributed by atoms with Crippen molar-refractivity contribution in [1.82, 2.24) is 0 Å². The second-order valence-electron chi connectivity index (χ2n) is 14.5. The second-order valence-corrected chi connectivity index (χ2v) is 14.5. The van der Waals surface area contributed by atoms with E-state index in [2.05, 4.69) is 196 Å². The lowest BCUT2D eigenvalue weighted by molar-refractivity contribution is 0.661. The fraction of sp³-hybridized carbons (Fsp3) is 0.0588. The molecule has 0 N–H and O–H groups in total. The van der Waals surface area contributed by atoms with Crippen LogP contribution in [0.15, 0.2) is 182 Å². The summed E-state index contributed by atoms with van der Waals surface area (Å²) < 4.78 is 0. The van der Waals surface area contributed by atoms with E-state index in [9.17, 15) is 0 Å². The van der Waals surface area contributed by atoms with Gasteiger partial charge in [0.15, 0.2) is 0 Å². The van der Waals surface area contributed by atoms with Crippen LogP contribution < -0.4 is 0 Å². The predicted octanol–water partition coefficient (Wildman–Crippen LogP) is 14.1. The first-order valence-corrected chi connectivity index (χ1v) is 17.9. The quantitative estimate of drug-likeness (QED) is 0.167. The highest BCUT2D eigenvalue weighted by molar-refractivity contribution is 6.21. The van der Waals surface area contributed by atoms with Crippen LogP contribution >= 0.6 is 0 Å². The van der Waals surface area contributed by atoms with Gasteiger partial charge in [-0.25, -0.2) is 0 Å². The largest absolute Gasteiger partial charge is 0.0622 e. The van der Waals surface area contributed by atoms with E-state index in [1.54, 1.807) is 0 Å². The van der Waals surface area contributed by atoms with Crippen molar-refractivity contribution in [3.63, 3.8) is 0 Å². The molecule has 0 spiro atoms. The lowest BCUT2D eigenvalue weighted by Crippen LogP contribution is -2.15. The highest BCUT2D eigenvalue weighted by Crippen LogP contribution is 2.51. The van der Waals surface area contributed by atoms with Gasteiger partial charge in [0, 0.05) is 5.41 Å². The van der Waals surface area contributed by atoms with Crippen molar-refractivity contribution in [2.45, 2.75) is 19.3 Å². The molecule has 0 fully saturated rings. The third-order valence-corrected chi connectivity index (χ3v) is 11.3. The molecular weight excluding hydrogens is 613 g/mol. The summed E-state index contributed by atoms with van der Waals surface area (Å²) in [5.74, 6) is 0. The highest BCUT2D eigenvalue weighted by atomic mass is 14.4. The van der Waals surface area contributed by atoms with Gasteiger partial charge in [0.05, 0.1) is 0 Å². The molecule has 0 heteroatoms. The molecule has 240 valence electrons. The fourth-order valence-corrected chi connectivity index (χ4v) is 8.64. The summed E-state index contributed by atoms with van der Waals surface area (Å²) in [5.41, 5.74) is 15.5. The minimum atomic E-state index is -0.0634. The summed E-state index contributed by atoms with van der Waals surface area (Å²) in [6.07, 6.45) is 0. The van der Waals surface area contributed by atoms with Gasteiger partial charge in [-0.1, -0.05) is 178 Å². The van der Waals surface area contributed by atoms with E-state index < -0.39 is 0 Å². The third kappa shape index (κ3) is 4.68. The molecule has 0 saturated heterocycles. The average molecular weight is 649 g/mol. The van der Waals surface area contributed by atoms with Gasteiger partial charge in [-0.05, 0) is 117 Å². The third-order valence-electron chi connectivity index (χ3n) is 11.3. The lowest BCUT2D eigenvalue weighted by atomic mass is 9.81. The molecule has 10 rings (SSSR count). The maximum Gasteiger partial charge on any atom is 0.0159 e. The molecule has 1 aliphatic rings. The predicted molar refractivity (Wildman–Crippen MR) is 218 cm³/mol. The van der Waals surface area contributed by atoms with Crippen LogP contribution in [0.1, 0.15) is 25.0 Å². The van der Waals surface area contributed by atoms with Gasteiger partial charge in [0.25, 0.3) is 0 Å². The van der Waals surface area contributed by atoms with Crippen molar-refractivity contribution in [1.29, 1.82) is 0 Å². The van der Waals surface area contributed by atoms with E-state index in [0.717, 1.165) is 0 Å². The van der Waals surface area contributed by atoms with Gasteiger partial charge in [-0.2, -0.15) is 0 Å². The molecule has 0 atom stereocenters. The molecule has 0 aromatic heterocycles. The monoisotopic (exact) mass is 648 g/mol. The van der Waals surface area contributed by atoms with E-state index in [1.165, 1.54) is 99.1 Å². The zero-order chi connectivity index (χ0) is 34.1. The van der Waals surface area contributed by atoms with Crippen molar-refractivity contribution >= 4 is 32.3 Å². The molecule has 0 amide bonds. The topological polar surface area (TPSA) is 0 Å². The van der Waals surface area contributed by atoms with Crippen LogP contribution in [0.3, 0.4) is 0 Å². The Hall–Kier alpha value is -6.24. The highest BCUT2D eigenvalue weighted by Gasteiger charge is 2.36. The van der Waals surface area contributed by atoms with Gasteiger partial charge >= 0.3 is 0 Å². The number of rotatable bonds is 4. The maximum atomic E-state index is 2.43. The summed E-state index contributed by atoms with van der Waals surface area (Å²) in [4.78, 5) is 0. The molecule has 9 aromatic rings. The summed E-state index contributed by atoms with van der Waals surface area (Å²) >= 11 is 0. The molecule has 0 unspecified atom stereocenters. The molecule has 0 saturated carbocycles. The van der Waals surface area contributed by atoms with Crippen LogP contribution in [0.25, 0.3) is 88.0 Å². The van der Waals surface area contributed by atoms with Gasteiger partial charge in [0.2, 0.25) is 0 Å². The van der Waals surface area contributed by atoms with Gasteiger partial charge < -0.3 is 0 Å². The number of benzene rings is 9. The van der Waals surface area contributed by atoms with Crippen molar-refractivity contribution in [3.8, 4) is 55.6 Å². The van der Waals surface area contributed by atoms with Crippen molar-refractivity contribution in [2.75, 3.05) is 0 Å². The smallest absolute Gasteiger partial charge is 0.0159 e. The number of fused-ring (bicyclic) bond motifs is 6. The first-order chi connectivity index (χ1) is 25.0. The Kier molecular flexibility index (Phi) is 6.63. The minimum absolute atomic E-state index is 0.0634. The Morgan fingerprint density at radius 1 is 0.294 bits per heavy atom. The normalized spacial score (nSPS) is 13.1. The van der Waals surface area contributed by atoms with Crippen LogP contribution in [-0.2, 0) is 5.41 Å². The Morgan fingerprint density at radius 3 is 1.24 bits per heavy atom. The minimum Gasteiger partial charge on any atom is -0.0622 e. The molecule has 0 radical (unpaired) electrons. The summed E-state index contributed by atoms with van der Waals surface area (Å²) in [6.45, 7) is 4.74. The van der Waals surface area contributed by atoms with Crippen LogP contribution in [0, 0.1) is 0 Å². The van der Waals surface area contributed by atoms with Crippen molar-refractivity contribution in [3.05, 3.63) is 193 Å². The molecule has 9 aromatic carbocycles. The van der Waals surface area contributed by atoms with E-state index in [4.69, 9.17) is 0 Å². The SMILES string of the molecule is CC1(C)c2cc(-c3ccc(-c4c5ccccc5c(-c5ccc(-c6ccccc6)cc5)c5ccccc45)cc3)ccc2-c2cc3ccccc3cc21. The summed E-state index contributed by atoms with van der Waals surface area (Å²) in [7, 11) is 0. The van der Waals surface area contributed by atoms with E-state index >= 15 is 0 Å². The lowest BCUT2D eigenvalue weighted by Gasteiger charge is -2.22. The first-order valence-electron chi connectivity index (χ1n) is 17.9. The maximum absolute atomic E-state index is 2.43. The average Bonchev–Trinajstić information content (AvgIpc) is 3.41. The van der Waals surface area contributed by atoms with Gasteiger partial charge in [-0.15, -0.1) is 0 Å². The summed E-state index contributed by atoms with van der Waals surface area (Å²) in [6, 6.07) is 67.3. The molecule has 51 heavy (non-hydrogen) atoms. The second kappa shape index (κ2) is 11.4. The van der Waals surface area contributed by atoms with E-state index in [0.29, 0.717) is 0 Å². The van der Waals surface area contributed by atoms with Crippen LogP contribution in [0.4, 0.5) is 0 Å². The first kappa shape index (κ1) is 29.7. The van der Waals surface area contributed by atoms with Crippen LogP contribution in [-0.4, -0.2) is 0 Å². The summed E-state index contributed by atoms with van der Waals surface area (Å²) in [5, 5.41) is 7.70. The molecule has 0 nitrogen and oxygen atoms in total. The van der Waals surface area contributed by atoms with Crippen molar-refractivity contribution < 1.29 is 0 Å². The van der Waals surface area contributed by atoms with E-state index in [1.807, 2.05) is 0 Å². The number of hydrogen-bond donors (Lipinski definition) is 0. The Morgan fingerprint density at radius 2 is 0.686 bits per heavy atom. The van der Waals surface area contributed by atoms with Crippen molar-refractivity contribution in [2.24, 2.45) is 0 Å². The molecule has 0 heterocycles. The van der Waals surface area contributed by atoms with Crippen LogP contribution in [0.5, 0.6) is 0 Å². The molecule has 1 aliphatic carbocycles. The molecular formula is C51H36. The Balaban J connectivity index is 1.07. The number of hydrogen-bond acceptors (Lipinski definition) is 0. The standard InChI is InChI=1S/C51H36/c1-51(2)47-32-40(28-29-41(47)46-30-38-14-6-7-15-39(38)31-48(46)51)35-22-26-37(27-23-35)50-44-18-10-8-16-42(44)49(43-17-9-11-19-45(43)50)36-24-20-34(21-25-36)33-12-4-3-5-13-33/h3-32H,1-2H3. The molecule has 0 bridgehead atoms. The van der Waals surface area contributed by atoms with E-state index in [-0.39, 0.29) is 5.41 Å². The Bertz CT molecular complexity index is 2730. The zero-order valence-electron chi connectivity index (χ0n) is 28.8. The zero-order valence-corrected chi connectivity index (χ0v) is 28.8. The molecule has 0 aliphatic heterocycles. The van der Waals surface area contributed by atoms with Gasteiger partial charge in [-0.3, -0.25) is 0 Å². The fourth-order valence-electron chi connectivity index (χ4n) is 8.64. The van der Waals surface area contributed by atoms with Crippen LogP contribution in [0.2, 0.25) is 0 Å². The Labute approximate surface area is 299 Å².